The summed E-state index contributed by atoms with van der Waals surface area (Å²) in [6.07, 6.45) is 0. The second-order valence-corrected chi connectivity index (χ2v) is 0. The van der Waals surface area contributed by atoms with Crippen LogP contribution in [-0.4, -0.2) is 29.6 Å². The van der Waals surface area contributed by atoms with Crippen molar-refractivity contribution in [3.63, 3.8) is 0 Å². The Hall–Kier alpha value is 2.45. The molecular formula is H6Cl5Na. The summed E-state index contributed by atoms with van der Waals surface area (Å²) in [5.41, 5.74) is 0. The van der Waals surface area contributed by atoms with E-state index in [0.29, 0.717) is 0 Å². The van der Waals surface area contributed by atoms with Gasteiger partial charge in [-0.1, -0.05) is 0 Å². The van der Waals surface area contributed by atoms with E-state index in [2.05, 4.69) is 0 Å². The molecule has 0 aliphatic rings. The fourth-order valence-electron chi connectivity index (χ4n) is 0. The summed E-state index contributed by atoms with van der Waals surface area (Å²) in [6.45, 7) is 0. The zero-order chi connectivity index (χ0) is 0. The first-order valence-electron chi connectivity index (χ1n) is 0. The van der Waals surface area contributed by atoms with Gasteiger partial charge in [-0.3, -0.25) is 0 Å². The van der Waals surface area contributed by atoms with Crippen LogP contribution in [0.25, 0.3) is 0 Å². The van der Waals surface area contributed by atoms with Crippen molar-refractivity contribution in [2.75, 3.05) is 0 Å². The van der Waals surface area contributed by atoms with Gasteiger partial charge in [0.1, 0.15) is 0 Å². The third-order valence-corrected chi connectivity index (χ3v) is 0. The molecule has 0 aromatic heterocycles. The van der Waals surface area contributed by atoms with Gasteiger partial charge in [0.05, 0.1) is 0 Å². The molecule has 0 unspecified atom stereocenters. The van der Waals surface area contributed by atoms with E-state index < -0.39 is 0 Å². The van der Waals surface area contributed by atoms with Crippen molar-refractivity contribution in [2.45, 2.75) is 0 Å². The van der Waals surface area contributed by atoms with Crippen LogP contribution in [0.4, 0.5) is 0 Å². The molecule has 6 heavy (non-hydrogen) atoms. The van der Waals surface area contributed by atoms with E-state index in [1.807, 2.05) is 0 Å². The van der Waals surface area contributed by atoms with Crippen LogP contribution >= 0.6 is 62.0 Å². The van der Waals surface area contributed by atoms with Crippen LogP contribution in [0.5, 0.6) is 0 Å². The quantitative estimate of drug-likeness (QED) is 0.526. The van der Waals surface area contributed by atoms with Crippen LogP contribution < -0.4 is 0 Å². The summed E-state index contributed by atoms with van der Waals surface area (Å²) >= 11 is 0. The van der Waals surface area contributed by atoms with Gasteiger partial charge in [-0.2, -0.15) is 0 Å². The molecule has 0 heterocycles. The minimum atomic E-state index is 0. The van der Waals surface area contributed by atoms with Gasteiger partial charge in [-0.25, -0.2) is 0 Å². The predicted octanol–water partition coefficient (Wildman–Crippen LogP) is 1.46. The van der Waals surface area contributed by atoms with Crippen LogP contribution in [0.3, 0.4) is 0 Å². The molecule has 42 valence electrons. The third kappa shape index (κ3) is 31.9. The van der Waals surface area contributed by atoms with E-state index in [1.165, 1.54) is 0 Å². The Morgan fingerprint density at radius 2 is 0.333 bits per heavy atom. The van der Waals surface area contributed by atoms with E-state index in [0.717, 1.165) is 0 Å². The number of halogens is 5. The van der Waals surface area contributed by atoms with E-state index in [1.54, 1.807) is 0 Å². The summed E-state index contributed by atoms with van der Waals surface area (Å²) in [4.78, 5) is 0. The van der Waals surface area contributed by atoms with Gasteiger partial charge in [-0.15, -0.1) is 62.0 Å². The Labute approximate surface area is 90.5 Å². The predicted molar refractivity (Wildman–Crippen MR) is 43.4 cm³/mol. The molecule has 6 heteroatoms. The standard InChI is InChI=1S/5ClH.Na.H/h5*1H;;. The zero-order valence-electron chi connectivity index (χ0n) is 2.04. The molecule has 0 fully saturated rings. The summed E-state index contributed by atoms with van der Waals surface area (Å²) < 4.78 is 0. The summed E-state index contributed by atoms with van der Waals surface area (Å²) in [5.74, 6) is 0. The Morgan fingerprint density at radius 1 is 0.333 bits per heavy atom. The van der Waals surface area contributed by atoms with Gasteiger partial charge in [-0.05, 0) is 0 Å². The second-order valence-electron chi connectivity index (χ2n) is 0. The van der Waals surface area contributed by atoms with Gasteiger partial charge < -0.3 is 0 Å². The van der Waals surface area contributed by atoms with Crippen LogP contribution in [0.1, 0.15) is 0 Å². The molecule has 0 radical (unpaired) electrons. The molecular weight excluding hydrogens is 200 g/mol. The topological polar surface area (TPSA) is 0 Å². The molecule has 0 aromatic carbocycles. The van der Waals surface area contributed by atoms with Gasteiger partial charge in [0.15, 0.2) is 0 Å². The zero-order valence-corrected chi connectivity index (χ0v) is 6.12. The number of hydrogen-bond acceptors (Lipinski definition) is 0. The molecule has 0 aliphatic carbocycles. The Balaban J connectivity index is 0. The second kappa shape index (κ2) is 51.6. The van der Waals surface area contributed by atoms with E-state index >= 15 is 0 Å². The first-order valence-corrected chi connectivity index (χ1v) is 0. The van der Waals surface area contributed by atoms with Crippen molar-refractivity contribution in [3.05, 3.63) is 0 Å². The van der Waals surface area contributed by atoms with E-state index in [9.17, 15) is 0 Å². The molecule has 0 saturated carbocycles. The number of rotatable bonds is 0. The normalized spacial score (nSPS) is 0. The van der Waals surface area contributed by atoms with Crippen LogP contribution in [0.15, 0.2) is 0 Å². The first-order chi connectivity index (χ1) is 0. The molecule has 0 N–H and O–H groups in total. The molecule has 0 atom stereocenters. The molecule has 0 aliphatic heterocycles. The monoisotopic (exact) mass is 204 g/mol. The van der Waals surface area contributed by atoms with Gasteiger partial charge in [0, 0.05) is 0 Å². The molecule has 0 aromatic rings. The molecule has 0 saturated heterocycles. The minimum absolute atomic E-state index is 0. The van der Waals surface area contributed by atoms with Crippen molar-refractivity contribution in [2.24, 2.45) is 0 Å². The SMILES string of the molecule is Cl.Cl.Cl.Cl.Cl.[NaH]. The van der Waals surface area contributed by atoms with Crippen molar-refractivity contribution in [1.82, 2.24) is 0 Å². The number of hydrogen-bond donors (Lipinski definition) is 0. The summed E-state index contributed by atoms with van der Waals surface area (Å²) in [7, 11) is 0. The van der Waals surface area contributed by atoms with Crippen LogP contribution in [0, 0.1) is 0 Å². The Kier molecular flexibility index (Phi) is 672. The van der Waals surface area contributed by atoms with E-state index in [-0.39, 0.29) is 91.6 Å². The molecule has 0 nitrogen and oxygen atoms in total. The van der Waals surface area contributed by atoms with Crippen molar-refractivity contribution in [1.29, 1.82) is 0 Å². The van der Waals surface area contributed by atoms with Crippen molar-refractivity contribution >= 4 is 91.6 Å². The molecule has 0 spiro atoms. The molecule has 0 amide bonds. The van der Waals surface area contributed by atoms with Crippen LogP contribution in [-0.2, 0) is 0 Å². The van der Waals surface area contributed by atoms with Crippen molar-refractivity contribution in [3.8, 4) is 0 Å². The van der Waals surface area contributed by atoms with Gasteiger partial charge in [0.2, 0.25) is 0 Å². The Bertz CT molecular complexity index is 3.90. The third-order valence-electron chi connectivity index (χ3n) is 0. The summed E-state index contributed by atoms with van der Waals surface area (Å²) in [5, 5.41) is 0. The van der Waals surface area contributed by atoms with Gasteiger partial charge >= 0.3 is 29.6 Å². The summed E-state index contributed by atoms with van der Waals surface area (Å²) in [6, 6.07) is 0. The van der Waals surface area contributed by atoms with Crippen LogP contribution in [0.2, 0.25) is 0 Å². The molecule has 0 bridgehead atoms. The average Bonchev–Trinajstić information content (AvgIpc) is 0. The maximum atomic E-state index is 0. The maximum absolute atomic E-state index is 0. The Morgan fingerprint density at radius 3 is 0.333 bits per heavy atom. The van der Waals surface area contributed by atoms with E-state index in [4.69, 9.17) is 0 Å². The molecule has 0 rings (SSSR count). The van der Waals surface area contributed by atoms with Crippen molar-refractivity contribution < 1.29 is 0 Å². The fourth-order valence-corrected chi connectivity index (χ4v) is 0. The van der Waals surface area contributed by atoms with Gasteiger partial charge in [0.25, 0.3) is 0 Å². The fraction of sp³-hybridized carbons (Fsp3) is 0. The average molecular weight is 206 g/mol. The first kappa shape index (κ1) is 78.1.